The van der Waals surface area contributed by atoms with Gasteiger partial charge in [-0.25, -0.2) is 9.67 Å². The lowest BCUT2D eigenvalue weighted by Gasteiger charge is -2.28. The van der Waals surface area contributed by atoms with Crippen LogP contribution in [0.4, 0.5) is 5.82 Å². The Bertz CT molecular complexity index is 1410. The van der Waals surface area contributed by atoms with Crippen LogP contribution >= 0.6 is 0 Å². The van der Waals surface area contributed by atoms with E-state index >= 15 is 0 Å². The Kier molecular flexibility index (Phi) is 7.02. The third-order valence-corrected chi connectivity index (χ3v) is 7.48. The summed E-state index contributed by atoms with van der Waals surface area (Å²) in [5.74, 6) is 1.16. The average molecular weight is 511 g/mol. The second-order valence-electron chi connectivity index (χ2n) is 10.2. The zero-order chi connectivity index (χ0) is 25.9. The summed E-state index contributed by atoms with van der Waals surface area (Å²) in [6.45, 7) is 6.33. The van der Waals surface area contributed by atoms with Crippen molar-refractivity contribution in [3.8, 4) is 11.4 Å². The van der Waals surface area contributed by atoms with Crippen molar-refractivity contribution >= 4 is 5.82 Å². The second-order valence-corrected chi connectivity index (χ2v) is 10.2. The predicted molar refractivity (Wildman–Crippen MR) is 148 cm³/mol. The van der Waals surface area contributed by atoms with Gasteiger partial charge in [0.15, 0.2) is 5.82 Å². The SMILES string of the molecule is Cc1ccc([C@@H]2C[C@H]2NCCCc2cn(-c3ccc(-n4ccnn4)cc3)c(=O)c(N3CCNCC3)n2)cc1. The highest BCUT2D eigenvalue weighted by molar-refractivity contribution is 5.45. The molecule has 38 heavy (non-hydrogen) atoms. The first-order valence-corrected chi connectivity index (χ1v) is 13.5. The number of piperazine rings is 1. The van der Waals surface area contributed by atoms with Crippen molar-refractivity contribution in [1.29, 1.82) is 0 Å². The maximum Gasteiger partial charge on any atom is 0.298 e. The van der Waals surface area contributed by atoms with Gasteiger partial charge in [-0.3, -0.25) is 9.36 Å². The fourth-order valence-electron chi connectivity index (χ4n) is 5.19. The minimum atomic E-state index is -0.0822. The maximum absolute atomic E-state index is 13.6. The molecule has 1 saturated heterocycles. The molecule has 2 N–H and O–H groups in total. The molecule has 1 aliphatic carbocycles. The van der Waals surface area contributed by atoms with Gasteiger partial charge in [-0.15, -0.1) is 5.10 Å². The van der Waals surface area contributed by atoms with Gasteiger partial charge in [0.25, 0.3) is 5.56 Å². The molecule has 1 aliphatic heterocycles. The van der Waals surface area contributed by atoms with Crippen LogP contribution in [0.5, 0.6) is 0 Å². The van der Waals surface area contributed by atoms with Crippen LogP contribution in [0.15, 0.2) is 71.9 Å². The summed E-state index contributed by atoms with van der Waals surface area (Å²) >= 11 is 0. The largest absolute Gasteiger partial charge is 0.349 e. The number of anilines is 1. The van der Waals surface area contributed by atoms with E-state index in [9.17, 15) is 4.79 Å². The van der Waals surface area contributed by atoms with E-state index in [1.807, 2.05) is 30.5 Å². The van der Waals surface area contributed by atoms with E-state index in [0.717, 1.165) is 62.6 Å². The van der Waals surface area contributed by atoms with E-state index < -0.39 is 0 Å². The quantitative estimate of drug-likeness (QED) is 0.335. The number of benzene rings is 2. The van der Waals surface area contributed by atoms with Gasteiger partial charge >= 0.3 is 0 Å². The highest BCUT2D eigenvalue weighted by Gasteiger charge is 2.37. The zero-order valence-electron chi connectivity index (χ0n) is 21.8. The number of hydrogen-bond acceptors (Lipinski definition) is 7. The van der Waals surface area contributed by atoms with Crippen molar-refractivity contribution in [2.24, 2.45) is 0 Å². The highest BCUT2D eigenvalue weighted by atomic mass is 16.1. The van der Waals surface area contributed by atoms with E-state index in [1.165, 1.54) is 17.5 Å². The molecular formula is C29H34N8O. The molecule has 2 aromatic carbocycles. The van der Waals surface area contributed by atoms with Crippen LogP contribution < -0.4 is 21.1 Å². The third-order valence-electron chi connectivity index (χ3n) is 7.48. The van der Waals surface area contributed by atoms with Gasteiger partial charge in [0.1, 0.15) is 0 Å². The van der Waals surface area contributed by atoms with E-state index in [-0.39, 0.29) is 5.56 Å². The molecule has 2 fully saturated rings. The molecule has 0 spiro atoms. The summed E-state index contributed by atoms with van der Waals surface area (Å²) in [6.07, 6.45) is 8.33. The Morgan fingerprint density at radius 1 is 1.03 bits per heavy atom. The Balaban J connectivity index is 1.16. The summed E-state index contributed by atoms with van der Waals surface area (Å²) in [5.41, 5.74) is 5.30. The molecule has 6 rings (SSSR count). The standard InChI is InChI=1S/C29H34N8O/c1-21-4-6-22(7-5-21)26-19-27(26)31-12-2-3-23-20-36(29(38)28(33-23)35-16-13-30-14-17-35)24-8-10-25(11-9-24)37-18-15-32-34-37/h4-11,15,18,20,26-27,30-31H,2-3,12-14,16-17,19H2,1H3/t26-,27+/m0/s1. The minimum Gasteiger partial charge on any atom is -0.349 e. The molecule has 196 valence electrons. The average Bonchev–Trinajstić information content (AvgIpc) is 3.51. The lowest BCUT2D eigenvalue weighted by Crippen LogP contribution is -2.46. The van der Waals surface area contributed by atoms with E-state index in [2.05, 4.69) is 57.0 Å². The first-order valence-electron chi connectivity index (χ1n) is 13.5. The number of aromatic nitrogens is 5. The van der Waals surface area contributed by atoms with Crippen LogP contribution in [0.2, 0.25) is 0 Å². The fourth-order valence-corrected chi connectivity index (χ4v) is 5.19. The van der Waals surface area contributed by atoms with Crippen molar-refractivity contribution in [2.45, 2.75) is 38.1 Å². The second kappa shape index (κ2) is 10.9. The van der Waals surface area contributed by atoms with Crippen LogP contribution in [-0.2, 0) is 6.42 Å². The van der Waals surface area contributed by atoms with Crippen LogP contribution in [0.1, 0.15) is 35.6 Å². The molecule has 0 radical (unpaired) electrons. The molecule has 2 aliphatic rings. The Labute approximate surface area is 222 Å². The fraction of sp³-hybridized carbons (Fsp3) is 0.379. The predicted octanol–water partition coefficient (Wildman–Crippen LogP) is 2.61. The van der Waals surface area contributed by atoms with Crippen LogP contribution in [0, 0.1) is 6.92 Å². The molecule has 0 amide bonds. The van der Waals surface area contributed by atoms with Crippen molar-refractivity contribution in [1.82, 2.24) is 35.2 Å². The monoisotopic (exact) mass is 510 g/mol. The summed E-state index contributed by atoms with van der Waals surface area (Å²) < 4.78 is 3.44. The van der Waals surface area contributed by atoms with Crippen molar-refractivity contribution in [2.75, 3.05) is 37.6 Å². The van der Waals surface area contributed by atoms with Gasteiger partial charge in [0, 0.05) is 50.0 Å². The van der Waals surface area contributed by atoms with E-state index in [1.54, 1.807) is 21.6 Å². The van der Waals surface area contributed by atoms with Gasteiger partial charge < -0.3 is 15.5 Å². The third kappa shape index (κ3) is 5.39. The van der Waals surface area contributed by atoms with Crippen molar-refractivity contribution in [3.63, 3.8) is 0 Å². The molecular weight excluding hydrogens is 476 g/mol. The molecule has 9 heteroatoms. The van der Waals surface area contributed by atoms with E-state index in [0.29, 0.717) is 17.8 Å². The Hall–Kier alpha value is -3.82. The van der Waals surface area contributed by atoms with Crippen LogP contribution in [-0.4, -0.2) is 63.3 Å². The molecule has 9 nitrogen and oxygen atoms in total. The minimum absolute atomic E-state index is 0.0822. The molecule has 1 saturated carbocycles. The zero-order valence-corrected chi connectivity index (χ0v) is 21.8. The summed E-state index contributed by atoms with van der Waals surface area (Å²) in [6, 6.07) is 17.3. The maximum atomic E-state index is 13.6. The van der Waals surface area contributed by atoms with Gasteiger partial charge in [0.2, 0.25) is 0 Å². The first kappa shape index (κ1) is 24.5. The number of hydrogen-bond donors (Lipinski definition) is 2. The molecule has 0 bridgehead atoms. The first-order chi connectivity index (χ1) is 18.7. The molecule has 0 unspecified atom stereocenters. The summed E-state index contributed by atoms with van der Waals surface area (Å²) in [7, 11) is 0. The number of rotatable bonds is 9. The summed E-state index contributed by atoms with van der Waals surface area (Å²) in [4.78, 5) is 20.5. The van der Waals surface area contributed by atoms with Crippen LogP contribution in [0.25, 0.3) is 11.4 Å². The lowest BCUT2D eigenvalue weighted by molar-refractivity contribution is 0.579. The van der Waals surface area contributed by atoms with Gasteiger partial charge in [-0.1, -0.05) is 35.0 Å². The molecule has 3 heterocycles. The van der Waals surface area contributed by atoms with Crippen molar-refractivity contribution < 1.29 is 0 Å². The van der Waals surface area contributed by atoms with Gasteiger partial charge in [0.05, 0.1) is 23.8 Å². The smallest absolute Gasteiger partial charge is 0.298 e. The van der Waals surface area contributed by atoms with Gasteiger partial charge in [-0.05, 0) is 62.6 Å². The van der Waals surface area contributed by atoms with Crippen molar-refractivity contribution in [3.05, 3.63) is 94.3 Å². The number of aryl methyl sites for hydroxylation is 2. The Morgan fingerprint density at radius 2 is 1.79 bits per heavy atom. The molecule has 2 aromatic heterocycles. The molecule has 4 aromatic rings. The number of nitrogens with zero attached hydrogens (tertiary/aromatic N) is 6. The van der Waals surface area contributed by atoms with E-state index in [4.69, 9.17) is 4.98 Å². The molecule has 2 atom stereocenters. The highest BCUT2D eigenvalue weighted by Crippen LogP contribution is 2.40. The lowest BCUT2D eigenvalue weighted by atomic mass is 10.1. The Morgan fingerprint density at radius 3 is 2.53 bits per heavy atom. The summed E-state index contributed by atoms with van der Waals surface area (Å²) in [5, 5.41) is 15.0. The van der Waals surface area contributed by atoms with Gasteiger partial charge in [-0.2, -0.15) is 0 Å². The number of nitrogens with one attached hydrogen (secondary N) is 2. The normalized spacial score (nSPS) is 19.0. The van der Waals surface area contributed by atoms with Crippen LogP contribution in [0.3, 0.4) is 0 Å². The topological polar surface area (TPSA) is 92.9 Å².